The van der Waals surface area contributed by atoms with Crippen LogP contribution in [0.25, 0.3) is 0 Å². The summed E-state index contributed by atoms with van der Waals surface area (Å²) >= 11 is 5.90. The number of benzene rings is 1. The van der Waals surface area contributed by atoms with E-state index in [2.05, 4.69) is 22.5 Å². The Kier molecular flexibility index (Phi) is 3.10. The fourth-order valence-electron chi connectivity index (χ4n) is 2.54. The molecule has 3 rings (SSSR count). The minimum absolute atomic E-state index is 0.781. The Morgan fingerprint density at radius 2 is 2.11 bits per heavy atom. The molecule has 94 valence electrons. The van der Waals surface area contributed by atoms with Crippen molar-refractivity contribution >= 4 is 11.6 Å². The van der Waals surface area contributed by atoms with Gasteiger partial charge in [-0.3, -0.25) is 4.68 Å². The number of fused-ring (bicyclic) bond motifs is 1. The summed E-state index contributed by atoms with van der Waals surface area (Å²) in [6, 6.07) is 8.01. The first-order valence-corrected chi connectivity index (χ1v) is 6.60. The van der Waals surface area contributed by atoms with E-state index in [1.807, 2.05) is 23.9 Å². The van der Waals surface area contributed by atoms with Crippen LogP contribution < -0.4 is 5.32 Å². The van der Waals surface area contributed by atoms with Crippen LogP contribution in [0.3, 0.4) is 0 Å². The third-order valence-corrected chi connectivity index (χ3v) is 3.74. The van der Waals surface area contributed by atoms with Crippen molar-refractivity contribution in [3.05, 3.63) is 51.8 Å². The van der Waals surface area contributed by atoms with Crippen LogP contribution >= 0.6 is 11.6 Å². The van der Waals surface area contributed by atoms with Crippen LogP contribution in [0.1, 0.15) is 22.5 Å². The number of rotatable bonds is 2. The van der Waals surface area contributed by atoms with Gasteiger partial charge in [0.05, 0.1) is 5.69 Å². The van der Waals surface area contributed by atoms with Gasteiger partial charge in [0.25, 0.3) is 0 Å². The van der Waals surface area contributed by atoms with E-state index >= 15 is 0 Å². The molecule has 1 aliphatic heterocycles. The highest BCUT2D eigenvalue weighted by atomic mass is 35.5. The van der Waals surface area contributed by atoms with E-state index in [-0.39, 0.29) is 0 Å². The van der Waals surface area contributed by atoms with Crippen LogP contribution in [0, 0.1) is 0 Å². The molecule has 1 N–H and O–H groups in total. The summed E-state index contributed by atoms with van der Waals surface area (Å²) in [6.07, 6.45) is 1.95. The quantitative estimate of drug-likeness (QED) is 0.899. The Labute approximate surface area is 112 Å². The van der Waals surface area contributed by atoms with E-state index in [1.54, 1.807) is 0 Å². The average molecular weight is 262 g/mol. The monoisotopic (exact) mass is 261 g/mol. The lowest BCUT2D eigenvalue weighted by Gasteiger charge is -2.14. The molecular weight excluding hydrogens is 246 g/mol. The molecule has 0 saturated carbocycles. The van der Waals surface area contributed by atoms with Gasteiger partial charge in [-0.1, -0.05) is 23.7 Å². The fraction of sp³-hybridized carbons (Fsp3) is 0.357. The molecule has 1 aromatic carbocycles. The van der Waals surface area contributed by atoms with Crippen LogP contribution in [0.5, 0.6) is 0 Å². The maximum Gasteiger partial charge on any atom is 0.0716 e. The molecule has 3 nitrogen and oxygen atoms in total. The van der Waals surface area contributed by atoms with Crippen molar-refractivity contribution in [2.24, 2.45) is 7.05 Å². The molecule has 2 heterocycles. The van der Waals surface area contributed by atoms with Gasteiger partial charge in [0.1, 0.15) is 0 Å². The molecule has 0 fully saturated rings. The van der Waals surface area contributed by atoms with Crippen LogP contribution in [-0.2, 0) is 26.4 Å². The van der Waals surface area contributed by atoms with Crippen molar-refractivity contribution in [3.8, 4) is 0 Å². The Bertz CT molecular complexity index is 557. The molecule has 18 heavy (non-hydrogen) atoms. The van der Waals surface area contributed by atoms with Crippen molar-refractivity contribution in [2.45, 2.75) is 19.4 Å². The molecule has 0 saturated heterocycles. The van der Waals surface area contributed by atoms with E-state index in [0.29, 0.717) is 0 Å². The summed E-state index contributed by atoms with van der Waals surface area (Å²) in [6.45, 7) is 1.99. The van der Waals surface area contributed by atoms with Crippen molar-refractivity contribution < 1.29 is 0 Å². The molecule has 0 aliphatic carbocycles. The number of halogens is 1. The highest BCUT2D eigenvalue weighted by Crippen LogP contribution is 2.21. The van der Waals surface area contributed by atoms with E-state index in [9.17, 15) is 0 Å². The third kappa shape index (κ3) is 2.16. The van der Waals surface area contributed by atoms with Crippen LogP contribution in [0.15, 0.2) is 24.3 Å². The highest BCUT2D eigenvalue weighted by molar-refractivity contribution is 6.30. The smallest absolute Gasteiger partial charge is 0.0716 e. The van der Waals surface area contributed by atoms with Gasteiger partial charge in [-0.2, -0.15) is 5.10 Å². The van der Waals surface area contributed by atoms with Crippen molar-refractivity contribution in [1.82, 2.24) is 15.1 Å². The number of aromatic nitrogens is 2. The predicted molar refractivity (Wildman–Crippen MR) is 72.9 cm³/mol. The Morgan fingerprint density at radius 3 is 2.89 bits per heavy atom. The van der Waals surface area contributed by atoms with Gasteiger partial charge in [0, 0.05) is 49.3 Å². The van der Waals surface area contributed by atoms with Gasteiger partial charge in [-0.25, -0.2) is 0 Å². The summed E-state index contributed by atoms with van der Waals surface area (Å²) in [5.74, 6) is 0. The second kappa shape index (κ2) is 4.75. The lowest BCUT2D eigenvalue weighted by Crippen LogP contribution is -2.24. The Morgan fingerprint density at radius 1 is 1.33 bits per heavy atom. The van der Waals surface area contributed by atoms with E-state index in [4.69, 9.17) is 11.6 Å². The summed E-state index contributed by atoms with van der Waals surface area (Å²) in [7, 11) is 2.04. The first-order valence-electron chi connectivity index (χ1n) is 6.23. The van der Waals surface area contributed by atoms with E-state index < -0.39 is 0 Å². The third-order valence-electron chi connectivity index (χ3n) is 3.48. The SMILES string of the molecule is Cn1nc(Cc2ccc(Cl)cc2)c2c1CCNC2. The standard InChI is InChI=1S/C14H16ClN3/c1-18-14-6-7-16-9-12(14)13(17-18)8-10-2-4-11(15)5-3-10/h2-5,16H,6-9H2,1H3. The largest absolute Gasteiger partial charge is 0.312 e. The second-order valence-corrected chi connectivity index (χ2v) is 5.16. The van der Waals surface area contributed by atoms with Crippen LogP contribution in [-0.4, -0.2) is 16.3 Å². The molecule has 1 aromatic heterocycles. The topological polar surface area (TPSA) is 29.9 Å². The second-order valence-electron chi connectivity index (χ2n) is 4.73. The maximum absolute atomic E-state index is 5.90. The molecule has 0 atom stereocenters. The van der Waals surface area contributed by atoms with Gasteiger partial charge in [-0.05, 0) is 17.7 Å². The van der Waals surface area contributed by atoms with E-state index in [0.717, 1.165) is 31.0 Å². The number of aryl methyl sites for hydroxylation is 1. The average Bonchev–Trinajstić information content (AvgIpc) is 2.70. The Balaban J connectivity index is 1.91. The lowest BCUT2D eigenvalue weighted by atomic mass is 10.0. The van der Waals surface area contributed by atoms with E-state index in [1.165, 1.54) is 22.5 Å². The molecule has 4 heteroatoms. The van der Waals surface area contributed by atoms with Crippen molar-refractivity contribution in [2.75, 3.05) is 6.54 Å². The molecule has 0 spiro atoms. The van der Waals surface area contributed by atoms with Gasteiger partial charge >= 0.3 is 0 Å². The van der Waals surface area contributed by atoms with Crippen molar-refractivity contribution in [3.63, 3.8) is 0 Å². The lowest BCUT2D eigenvalue weighted by molar-refractivity contribution is 0.604. The van der Waals surface area contributed by atoms with Crippen LogP contribution in [0.2, 0.25) is 5.02 Å². The molecule has 2 aromatic rings. The molecule has 1 aliphatic rings. The minimum Gasteiger partial charge on any atom is -0.312 e. The maximum atomic E-state index is 5.90. The summed E-state index contributed by atoms with van der Waals surface area (Å²) < 4.78 is 2.03. The normalized spacial score (nSPS) is 14.6. The number of nitrogens with zero attached hydrogens (tertiary/aromatic N) is 2. The number of hydrogen-bond donors (Lipinski definition) is 1. The zero-order valence-electron chi connectivity index (χ0n) is 10.4. The van der Waals surface area contributed by atoms with Gasteiger partial charge in [-0.15, -0.1) is 0 Å². The molecule has 0 bridgehead atoms. The molecule has 0 unspecified atom stereocenters. The van der Waals surface area contributed by atoms with Gasteiger partial charge in [0.2, 0.25) is 0 Å². The minimum atomic E-state index is 0.781. The first kappa shape index (κ1) is 11.8. The number of nitrogens with one attached hydrogen (secondary N) is 1. The highest BCUT2D eigenvalue weighted by Gasteiger charge is 2.18. The van der Waals surface area contributed by atoms with Gasteiger partial charge in [0.15, 0.2) is 0 Å². The molecule has 0 radical (unpaired) electrons. The Hall–Kier alpha value is -1.32. The summed E-state index contributed by atoms with van der Waals surface area (Å²) in [5, 5.41) is 8.85. The fourth-order valence-corrected chi connectivity index (χ4v) is 2.66. The van der Waals surface area contributed by atoms with Gasteiger partial charge < -0.3 is 5.32 Å². The zero-order valence-corrected chi connectivity index (χ0v) is 11.2. The summed E-state index contributed by atoms with van der Waals surface area (Å²) in [4.78, 5) is 0. The number of hydrogen-bond acceptors (Lipinski definition) is 2. The molecular formula is C14H16ClN3. The molecule has 0 amide bonds. The van der Waals surface area contributed by atoms with Crippen LogP contribution in [0.4, 0.5) is 0 Å². The summed E-state index contributed by atoms with van der Waals surface area (Å²) in [5.41, 5.74) is 5.18. The first-order chi connectivity index (χ1) is 8.74. The zero-order chi connectivity index (χ0) is 12.5. The van der Waals surface area contributed by atoms with Crippen molar-refractivity contribution in [1.29, 1.82) is 0 Å². The predicted octanol–water partition coefficient (Wildman–Crippen LogP) is 2.31.